The monoisotopic (exact) mass is 511 g/mol. The number of anilines is 1. The van der Waals surface area contributed by atoms with E-state index in [1.165, 1.54) is 44.6 Å². The SMILES string of the molecule is Cc1ccc(NC(=O)c2nc(-c3ccccc3C)n(C)c2CCC23CC4CC(CC(C4)C2)C3)cc1C(=O)O. The number of nitrogens with zero attached hydrogens (tertiary/aromatic N) is 2. The van der Waals surface area contributed by atoms with E-state index in [1.54, 1.807) is 19.1 Å². The molecule has 0 spiro atoms. The van der Waals surface area contributed by atoms with Crippen molar-refractivity contribution in [2.75, 3.05) is 5.32 Å². The van der Waals surface area contributed by atoms with Gasteiger partial charge >= 0.3 is 5.97 Å². The second-order valence-corrected chi connectivity index (χ2v) is 12.3. The van der Waals surface area contributed by atoms with Crippen LogP contribution >= 0.6 is 0 Å². The maximum atomic E-state index is 13.7. The van der Waals surface area contributed by atoms with Gasteiger partial charge in [-0.1, -0.05) is 30.3 Å². The Labute approximate surface area is 224 Å². The number of carboxylic acid groups (broad SMARTS) is 1. The number of amides is 1. The number of nitrogens with one attached hydrogen (secondary N) is 1. The van der Waals surface area contributed by atoms with E-state index in [0.29, 0.717) is 22.4 Å². The third-order valence-electron chi connectivity index (χ3n) is 9.60. The van der Waals surface area contributed by atoms with E-state index in [4.69, 9.17) is 4.98 Å². The molecule has 4 fully saturated rings. The summed E-state index contributed by atoms with van der Waals surface area (Å²) in [6.45, 7) is 3.82. The molecule has 198 valence electrons. The maximum Gasteiger partial charge on any atom is 0.336 e. The lowest BCUT2D eigenvalue weighted by atomic mass is 9.48. The van der Waals surface area contributed by atoms with Crippen LogP contribution in [0.3, 0.4) is 0 Å². The van der Waals surface area contributed by atoms with Crippen LogP contribution in [-0.2, 0) is 13.5 Å². The minimum Gasteiger partial charge on any atom is -0.478 e. The van der Waals surface area contributed by atoms with Crippen molar-refractivity contribution in [3.63, 3.8) is 0 Å². The standard InChI is InChI=1S/C32H37N3O3/c1-19-6-4-5-7-25(19)29-34-28(30(36)33-24-9-8-20(2)26(15-24)31(37)38)27(35(29)3)10-11-32-16-21-12-22(17-32)14-23(13-21)18-32/h4-9,15,21-23H,10-14,16-18H2,1-3H3,(H,33,36)(H,37,38). The van der Waals surface area contributed by atoms with Crippen LogP contribution in [0, 0.1) is 37.0 Å². The molecule has 2 N–H and O–H groups in total. The Morgan fingerprint density at radius 1 is 1.00 bits per heavy atom. The van der Waals surface area contributed by atoms with Crippen molar-refractivity contribution in [1.82, 2.24) is 9.55 Å². The highest BCUT2D eigenvalue weighted by molar-refractivity contribution is 6.05. The van der Waals surface area contributed by atoms with Gasteiger partial charge in [0, 0.05) is 18.3 Å². The zero-order valence-corrected chi connectivity index (χ0v) is 22.6. The lowest BCUT2D eigenvalue weighted by molar-refractivity contribution is -0.0571. The first-order valence-corrected chi connectivity index (χ1v) is 14.0. The molecule has 1 aromatic heterocycles. The lowest BCUT2D eigenvalue weighted by Gasteiger charge is -2.57. The summed E-state index contributed by atoms with van der Waals surface area (Å²) in [5, 5.41) is 12.5. The topological polar surface area (TPSA) is 84.2 Å². The van der Waals surface area contributed by atoms with Crippen LogP contribution in [0.25, 0.3) is 11.4 Å². The number of aromatic nitrogens is 2. The Morgan fingerprint density at radius 3 is 2.29 bits per heavy atom. The predicted molar refractivity (Wildman–Crippen MR) is 148 cm³/mol. The molecule has 3 aromatic rings. The second-order valence-electron chi connectivity index (χ2n) is 12.3. The van der Waals surface area contributed by atoms with Gasteiger partial charge in [-0.05, 0) is 112 Å². The third-order valence-corrected chi connectivity index (χ3v) is 9.60. The molecule has 0 atom stereocenters. The Hall–Kier alpha value is -3.41. The number of aryl methyl sites for hydroxylation is 2. The van der Waals surface area contributed by atoms with Crippen molar-refractivity contribution in [3.8, 4) is 11.4 Å². The predicted octanol–water partition coefficient (Wildman–Crippen LogP) is 6.80. The molecule has 4 saturated carbocycles. The summed E-state index contributed by atoms with van der Waals surface area (Å²) in [5.41, 5.74) is 5.25. The van der Waals surface area contributed by atoms with Crippen LogP contribution in [0.5, 0.6) is 0 Å². The molecule has 0 unspecified atom stereocenters. The number of imidazole rings is 1. The number of aromatic carboxylic acids is 1. The Bertz CT molecular complexity index is 1380. The van der Waals surface area contributed by atoms with E-state index in [-0.39, 0.29) is 11.5 Å². The molecular formula is C32H37N3O3. The van der Waals surface area contributed by atoms with Crippen LogP contribution < -0.4 is 5.32 Å². The van der Waals surface area contributed by atoms with Gasteiger partial charge in [0.1, 0.15) is 11.5 Å². The molecular weight excluding hydrogens is 474 g/mol. The number of hydrogen-bond acceptors (Lipinski definition) is 3. The van der Waals surface area contributed by atoms with Crippen LogP contribution in [0.15, 0.2) is 42.5 Å². The highest BCUT2D eigenvalue weighted by Gasteiger charge is 2.50. The summed E-state index contributed by atoms with van der Waals surface area (Å²) in [6.07, 6.45) is 10.2. The molecule has 4 bridgehead atoms. The molecule has 4 aliphatic rings. The van der Waals surface area contributed by atoms with Crippen molar-refractivity contribution >= 4 is 17.6 Å². The number of carbonyl (C=O) groups excluding carboxylic acids is 1. The fraction of sp³-hybridized carbons (Fsp3) is 0.469. The van der Waals surface area contributed by atoms with E-state index in [9.17, 15) is 14.7 Å². The summed E-state index contributed by atoms with van der Waals surface area (Å²) in [5.74, 6) is 2.17. The highest BCUT2D eigenvalue weighted by atomic mass is 16.4. The summed E-state index contributed by atoms with van der Waals surface area (Å²) in [7, 11) is 2.02. The normalized spacial score (nSPS) is 25.5. The van der Waals surface area contributed by atoms with Crippen LogP contribution in [-0.4, -0.2) is 26.5 Å². The number of rotatable bonds is 7. The zero-order chi connectivity index (χ0) is 26.6. The van der Waals surface area contributed by atoms with Gasteiger partial charge in [-0.25, -0.2) is 9.78 Å². The molecule has 4 aliphatic carbocycles. The quantitative estimate of drug-likeness (QED) is 0.365. The maximum absolute atomic E-state index is 13.7. The number of carbonyl (C=O) groups is 2. The summed E-state index contributed by atoms with van der Waals surface area (Å²) in [4.78, 5) is 30.2. The van der Waals surface area contributed by atoms with E-state index < -0.39 is 5.97 Å². The molecule has 0 aliphatic heterocycles. The largest absolute Gasteiger partial charge is 0.478 e. The highest BCUT2D eigenvalue weighted by Crippen LogP contribution is 2.61. The van der Waals surface area contributed by atoms with Gasteiger partial charge in [0.25, 0.3) is 5.91 Å². The van der Waals surface area contributed by atoms with Gasteiger partial charge in [0.2, 0.25) is 0 Å². The molecule has 1 amide bonds. The van der Waals surface area contributed by atoms with E-state index in [2.05, 4.69) is 28.9 Å². The molecule has 1 heterocycles. The third kappa shape index (κ3) is 4.44. The molecule has 38 heavy (non-hydrogen) atoms. The van der Waals surface area contributed by atoms with Gasteiger partial charge in [0.15, 0.2) is 0 Å². The first-order chi connectivity index (χ1) is 18.2. The fourth-order valence-corrected chi connectivity index (χ4v) is 8.16. The van der Waals surface area contributed by atoms with Crippen molar-refractivity contribution in [1.29, 1.82) is 0 Å². The Morgan fingerprint density at radius 2 is 1.66 bits per heavy atom. The number of carboxylic acids is 1. The minimum absolute atomic E-state index is 0.187. The lowest BCUT2D eigenvalue weighted by Crippen LogP contribution is -2.46. The smallest absolute Gasteiger partial charge is 0.336 e. The molecule has 6 heteroatoms. The van der Waals surface area contributed by atoms with Crippen LogP contribution in [0.2, 0.25) is 0 Å². The van der Waals surface area contributed by atoms with Crippen molar-refractivity contribution in [2.24, 2.45) is 30.2 Å². The van der Waals surface area contributed by atoms with Gasteiger partial charge in [0.05, 0.1) is 11.3 Å². The van der Waals surface area contributed by atoms with Gasteiger partial charge < -0.3 is 15.0 Å². The second kappa shape index (κ2) is 9.40. The summed E-state index contributed by atoms with van der Waals surface area (Å²) in [6, 6.07) is 13.1. The zero-order valence-electron chi connectivity index (χ0n) is 22.6. The van der Waals surface area contributed by atoms with Gasteiger partial charge in [-0.3, -0.25) is 4.79 Å². The Balaban J connectivity index is 1.33. The van der Waals surface area contributed by atoms with Crippen molar-refractivity contribution in [3.05, 3.63) is 70.5 Å². The van der Waals surface area contributed by atoms with E-state index in [0.717, 1.165) is 53.2 Å². The van der Waals surface area contributed by atoms with Crippen LogP contribution in [0.1, 0.15) is 82.6 Å². The van der Waals surface area contributed by atoms with E-state index in [1.807, 2.05) is 19.2 Å². The first kappa shape index (κ1) is 24.9. The van der Waals surface area contributed by atoms with Crippen molar-refractivity contribution < 1.29 is 14.7 Å². The average Bonchev–Trinajstić information content (AvgIpc) is 3.19. The molecule has 0 saturated heterocycles. The van der Waals surface area contributed by atoms with Crippen molar-refractivity contribution in [2.45, 2.75) is 65.2 Å². The number of hydrogen-bond donors (Lipinski definition) is 2. The first-order valence-electron chi connectivity index (χ1n) is 14.0. The molecule has 6 nitrogen and oxygen atoms in total. The van der Waals surface area contributed by atoms with Gasteiger partial charge in [-0.15, -0.1) is 0 Å². The average molecular weight is 512 g/mol. The minimum atomic E-state index is -1.01. The van der Waals surface area contributed by atoms with Crippen LogP contribution in [0.4, 0.5) is 5.69 Å². The molecule has 2 aromatic carbocycles. The summed E-state index contributed by atoms with van der Waals surface area (Å²) >= 11 is 0. The Kier molecular flexibility index (Phi) is 6.16. The summed E-state index contributed by atoms with van der Waals surface area (Å²) < 4.78 is 2.11. The molecule has 7 rings (SSSR count). The fourth-order valence-electron chi connectivity index (χ4n) is 8.16. The van der Waals surface area contributed by atoms with E-state index >= 15 is 0 Å². The molecule has 0 radical (unpaired) electrons. The van der Waals surface area contributed by atoms with Gasteiger partial charge in [-0.2, -0.15) is 0 Å². The number of benzene rings is 2.